The number of imidazole rings is 1. The van der Waals surface area contributed by atoms with Crippen LogP contribution in [0.5, 0.6) is 0 Å². The van der Waals surface area contributed by atoms with Gasteiger partial charge in [-0.1, -0.05) is 52.4 Å². The number of ether oxygens (including phenoxy) is 4. The summed E-state index contributed by atoms with van der Waals surface area (Å²) in [6.07, 6.45) is 9.93. The van der Waals surface area contributed by atoms with Gasteiger partial charge in [0.2, 0.25) is 7.44 Å². The third kappa shape index (κ3) is 12.4. The normalized spacial score (nSPS) is 14.6. The van der Waals surface area contributed by atoms with Crippen LogP contribution >= 0.6 is 7.44 Å². The summed E-state index contributed by atoms with van der Waals surface area (Å²) < 4.78 is 40.4. The molecule has 3 N–H and O–H groups in total. The molecule has 0 aliphatic carbocycles. The standard InChI is InChI=1S/C35H58N7O8P/c1-9-11-13-15-17-47-32(44)34(5,6)39-51(46,40-35(7,8)33(45)48-18-16-14-12-10-2)24-49-26(4)20-42-22-37-29-30(36)41(23-38-31(29)42)21-27-25(3)19-28(43)50-27/h22-23,26,36H,9-21,24H2,1-8H3,(H2,39,40,46)/t26-/m1/s1. The van der Waals surface area contributed by atoms with Gasteiger partial charge in [0.05, 0.1) is 51.5 Å². The molecule has 3 heterocycles. The number of cyclic esters (lactones) is 1. The molecule has 16 heteroatoms. The molecule has 2 aromatic rings. The van der Waals surface area contributed by atoms with E-state index in [2.05, 4.69) is 34.0 Å². The van der Waals surface area contributed by atoms with Crippen molar-refractivity contribution in [2.24, 2.45) is 0 Å². The van der Waals surface area contributed by atoms with Gasteiger partial charge >= 0.3 is 17.9 Å². The molecule has 51 heavy (non-hydrogen) atoms. The Labute approximate surface area is 301 Å². The van der Waals surface area contributed by atoms with Crippen molar-refractivity contribution in [3.63, 3.8) is 0 Å². The van der Waals surface area contributed by atoms with Crippen LogP contribution in [0, 0.1) is 5.41 Å². The second-order valence-corrected chi connectivity index (χ2v) is 16.5. The number of esters is 3. The van der Waals surface area contributed by atoms with Gasteiger partial charge in [0, 0.05) is 0 Å². The summed E-state index contributed by atoms with van der Waals surface area (Å²) in [4.78, 5) is 46.8. The van der Waals surface area contributed by atoms with E-state index in [9.17, 15) is 18.9 Å². The fourth-order valence-electron chi connectivity index (χ4n) is 5.54. The van der Waals surface area contributed by atoms with E-state index in [4.69, 9.17) is 24.4 Å². The summed E-state index contributed by atoms with van der Waals surface area (Å²) >= 11 is 0. The fourth-order valence-corrected chi connectivity index (χ4v) is 8.18. The Kier molecular flexibility index (Phi) is 15.6. The van der Waals surface area contributed by atoms with Crippen LogP contribution in [-0.4, -0.2) is 73.8 Å². The predicted molar refractivity (Wildman–Crippen MR) is 192 cm³/mol. The lowest BCUT2D eigenvalue weighted by Crippen LogP contribution is -2.54. The van der Waals surface area contributed by atoms with Gasteiger partial charge < -0.3 is 28.1 Å². The summed E-state index contributed by atoms with van der Waals surface area (Å²) in [7, 11) is -3.84. The molecular weight excluding hydrogens is 677 g/mol. The summed E-state index contributed by atoms with van der Waals surface area (Å²) in [5.41, 5.74) is -1.04. The lowest BCUT2D eigenvalue weighted by atomic mass is 10.1. The molecule has 0 saturated carbocycles. The summed E-state index contributed by atoms with van der Waals surface area (Å²) in [6, 6.07) is 0. The fraction of sp³-hybridized carbons (Fsp3) is 0.714. The first kappa shape index (κ1) is 42.0. The Morgan fingerprint density at radius 1 is 0.941 bits per heavy atom. The molecule has 15 nitrogen and oxygen atoms in total. The molecule has 1 aliphatic heterocycles. The average Bonchev–Trinajstić information content (AvgIpc) is 3.61. The molecule has 0 unspecified atom stereocenters. The molecule has 0 fully saturated rings. The predicted octanol–water partition coefficient (Wildman–Crippen LogP) is 5.47. The molecular formula is C35H58N7O8P. The van der Waals surface area contributed by atoms with E-state index in [1.165, 1.54) is 6.33 Å². The molecule has 0 radical (unpaired) electrons. The lowest BCUT2D eigenvalue weighted by Gasteiger charge is -2.35. The number of rotatable bonds is 23. The number of allylic oxidation sites excluding steroid dienone is 1. The van der Waals surface area contributed by atoms with Crippen LogP contribution in [0.15, 0.2) is 24.0 Å². The zero-order valence-corrected chi connectivity index (χ0v) is 32.5. The second-order valence-electron chi connectivity index (χ2n) is 14.4. The minimum Gasteiger partial charge on any atom is -0.464 e. The number of unbranched alkanes of at least 4 members (excludes halogenated alkanes) is 6. The van der Waals surface area contributed by atoms with Gasteiger partial charge in [0.25, 0.3) is 0 Å². The van der Waals surface area contributed by atoms with Crippen molar-refractivity contribution in [1.29, 1.82) is 5.41 Å². The minimum atomic E-state index is -3.84. The molecule has 0 bridgehead atoms. The highest BCUT2D eigenvalue weighted by Gasteiger charge is 2.43. The Morgan fingerprint density at radius 2 is 1.49 bits per heavy atom. The van der Waals surface area contributed by atoms with Crippen molar-refractivity contribution in [2.75, 3.05) is 19.6 Å². The van der Waals surface area contributed by atoms with E-state index in [1.807, 2.05) is 6.92 Å². The number of hydrogen-bond acceptors (Lipinski definition) is 11. The number of nitrogens with one attached hydrogen (secondary N) is 3. The minimum absolute atomic E-state index is 0.104. The highest BCUT2D eigenvalue weighted by Crippen LogP contribution is 2.42. The van der Waals surface area contributed by atoms with Crippen LogP contribution in [-0.2, 0) is 51.0 Å². The Bertz CT molecular complexity index is 1600. The topological polar surface area (TPSA) is 189 Å². The Morgan fingerprint density at radius 3 is 2.00 bits per heavy atom. The zero-order valence-electron chi connectivity index (χ0n) is 31.6. The van der Waals surface area contributed by atoms with E-state index in [0.717, 1.165) is 56.9 Å². The quantitative estimate of drug-likeness (QED) is 0.0566. The molecule has 0 spiro atoms. The first-order valence-corrected chi connectivity index (χ1v) is 19.9. The number of carbonyl (C=O) groups excluding carboxylic acids is 3. The largest absolute Gasteiger partial charge is 0.464 e. The monoisotopic (exact) mass is 735 g/mol. The van der Waals surface area contributed by atoms with Crippen LogP contribution in [0.25, 0.3) is 11.2 Å². The van der Waals surface area contributed by atoms with Crippen molar-refractivity contribution in [3.8, 4) is 0 Å². The van der Waals surface area contributed by atoms with Gasteiger partial charge in [0.1, 0.15) is 28.7 Å². The smallest absolute Gasteiger partial charge is 0.326 e. The Balaban J connectivity index is 1.73. The molecule has 0 aromatic carbocycles. The molecule has 1 atom stereocenters. The molecule has 0 saturated heterocycles. The van der Waals surface area contributed by atoms with Crippen molar-refractivity contribution in [2.45, 2.75) is 143 Å². The average molecular weight is 736 g/mol. The van der Waals surface area contributed by atoms with Crippen LogP contribution in [0.4, 0.5) is 0 Å². The molecule has 3 rings (SSSR count). The van der Waals surface area contributed by atoms with E-state index >= 15 is 0 Å². The van der Waals surface area contributed by atoms with Crippen LogP contribution in [0.3, 0.4) is 0 Å². The second kappa shape index (κ2) is 18.9. The van der Waals surface area contributed by atoms with Crippen molar-refractivity contribution >= 4 is 36.5 Å². The summed E-state index contributed by atoms with van der Waals surface area (Å²) in [5, 5.41) is 14.6. The number of carbonyl (C=O) groups is 3. The number of fused-ring (bicyclic) bond motifs is 1. The summed E-state index contributed by atoms with van der Waals surface area (Å²) in [5.74, 6) is -0.955. The van der Waals surface area contributed by atoms with Crippen molar-refractivity contribution < 1.29 is 37.9 Å². The van der Waals surface area contributed by atoms with Crippen LogP contribution < -0.4 is 15.7 Å². The van der Waals surface area contributed by atoms with E-state index in [1.54, 1.807) is 50.1 Å². The maximum absolute atomic E-state index is 14.6. The Hall–Kier alpha value is -3.39. The maximum Gasteiger partial charge on any atom is 0.326 e. The van der Waals surface area contributed by atoms with Gasteiger partial charge in [0.15, 0.2) is 11.1 Å². The molecule has 1 aliphatic rings. The van der Waals surface area contributed by atoms with E-state index in [-0.39, 0.29) is 50.5 Å². The first-order valence-electron chi connectivity index (χ1n) is 18.0. The van der Waals surface area contributed by atoms with Crippen molar-refractivity contribution in [3.05, 3.63) is 29.5 Å². The third-order valence-corrected chi connectivity index (χ3v) is 10.8. The first-order chi connectivity index (χ1) is 24.0. The number of aromatic nitrogens is 4. The van der Waals surface area contributed by atoms with Gasteiger partial charge in [-0.05, 0) is 60.0 Å². The van der Waals surface area contributed by atoms with Crippen LogP contribution in [0.1, 0.15) is 113 Å². The lowest BCUT2D eigenvalue weighted by molar-refractivity contribution is -0.149. The zero-order chi connectivity index (χ0) is 37.8. The maximum atomic E-state index is 14.6. The van der Waals surface area contributed by atoms with Crippen molar-refractivity contribution in [1.82, 2.24) is 29.3 Å². The highest BCUT2D eigenvalue weighted by atomic mass is 31.2. The number of hydrogen-bond donors (Lipinski definition) is 3. The molecule has 286 valence electrons. The summed E-state index contributed by atoms with van der Waals surface area (Å²) in [6.45, 7) is 15.1. The molecule has 0 amide bonds. The van der Waals surface area contributed by atoms with E-state index < -0.39 is 36.6 Å². The van der Waals surface area contributed by atoms with Crippen LogP contribution in [0.2, 0.25) is 0 Å². The van der Waals surface area contributed by atoms with Gasteiger partial charge in [-0.15, -0.1) is 0 Å². The number of nitrogens with zero attached hydrogens (tertiary/aromatic N) is 4. The SMILES string of the molecule is CCCCCCOC(=O)C(C)(C)NP(=O)(CO[C@H](C)Cn1cnc2c(=N)n(CC3=C(C)CC(=O)O3)cnc21)NC(C)(C)C(=O)OCCCCCC. The van der Waals surface area contributed by atoms with Gasteiger partial charge in [-0.2, -0.15) is 0 Å². The van der Waals surface area contributed by atoms with Gasteiger partial charge in [-0.3, -0.25) is 24.4 Å². The third-order valence-electron chi connectivity index (χ3n) is 8.48. The highest BCUT2D eigenvalue weighted by molar-refractivity contribution is 7.59. The molecule has 2 aromatic heterocycles. The van der Waals surface area contributed by atoms with E-state index in [0.29, 0.717) is 16.9 Å². The van der Waals surface area contributed by atoms with Gasteiger partial charge in [-0.25, -0.2) is 20.1 Å².